The molecule has 1 heterocycles. The van der Waals surface area contributed by atoms with Gasteiger partial charge in [-0.25, -0.2) is 8.42 Å². The normalized spacial score (nSPS) is 21.4. The van der Waals surface area contributed by atoms with Gasteiger partial charge in [-0.1, -0.05) is 12.1 Å². The summed E-state index contributed by atoms with van der Waals surface area (Å²) >= 11 is 5.83. The summed E-state index contributed by atoms with van der Waals surface area (Å²) in [4.78, 5) is 0.398. The van der Waals surface area contributed by atoms with E-state index in [0.29, 0.717) is 17.3 Å². The van der Waals surface area contributed by atoms with Crippen molar-refractivity contribution < 1.29 is 8.42 Å². The molecule has 1 unspecified atom stereocenters. The van der Waals surface area contributed by atoms with Crippen molar-refractivity contribution in [3.63, 3.8) is 0 Å². The molecular formula is C13H18ClNO2S. The minimum atomic E-state index is -3.38. The van der Waals surface area contributed by atoms with Gasteiger partial charge < -0.3 is 0 Å². The van der Waals surface area contributed by atoms with Crippen LogP contribution < -0.4 is 0 Å². The first-order valence-electron chi connectivity index (χ1n) is 6.14. The van der Waals surface area contributed by atoms with Crippen LogP contribution in [0.2, 0.25) is 0 Å². The van der Waals surface area contributed by atoms with E-state index in [-0.39, 0.29) is 6.04 Å². The Kier molecular flexibility index (Phi) is 3.99. The Balaban J connectivity index is 2.48. The number of rotatable bonds is 3. The van der Waals surface area contributed by atoms with Crippen LogP contribution in [-0.2, 0) is 15.9 Å². The second-order valence-electron chi connectivity index (χ2n) is 4.78. The Morgan fingerprint density at radius 1 is 1.44 bits per heavy atom. The SMILES string of the molecule is Cc1c(CCl)cccc1S(=O)(=O)N1CCCC1C. The zero-order valence-electron chi connectivity index (χ0n) is 10.7. The van der Waals surface area contributed by atoms with Crippen LogP contribution in [0.3, 0.4) is 0 Å². The average molecular weight is 288 g/mol. The molecule has 0 aromatic heterocycles. The highest BCUT2D eigenvalue weighted by atomic mass is 35.5. The van der Waals surface area contributed by atoms with Gasteiger partial charge in [0, 0.05) is 18.5 Å². The second-order valence-corrected chi connectivity index (χ2v) is 6.91. The van der Waals surface area contributed by atoms with Gasteiger partial charge >= 0.3 is 0 Å². The predicted octanol–water partition coefficient (Wildman–Crippen LogP) is 2.91. The Labute approximate surface area is 114 Å². The molecule has 0 amide bonds. The summed E-state index contributed by atoms with van der Waals surface area (Å²) in [6.45, 7) is 4.41. The highest BCUT2D eigenvalue weighted by Gasteiger charge is 2.33. The number of hydrogen-bond donors (Lipinski definition) is 0. The van der Waals surface area contributed by atoms with E-state index in [1.54, 1.807) is 16.4 Å². The largest absolute Gasteiger partial charge is 0.243 e. The van der Waals surface area contributed by atoms with E-state index in [1.807, 2.05) is 19.9 Å². The molecule has 100 valence electrons. The van der Waals surface area contributed by atoms with E-state index in [4.69, 9.17) is 11.6 Å². The smallest absolute Gasteiger partial charge is 0.207 e. The third kappa shape index (κ3) is 2.29. The Bertz CT molecular complexity index is 542. The van der Waals surface area contributed by atoms with Crippen molar-refractivity contribution in [2.24, 2.45) is 0 Å². The molecule has 2 rings (SSSR count). The van der Waals surface area contributed by atoms with Gasteiger partial charge in [-0.3, -0.25) is 0 Å². The summed E-state index contributed by atoms with van der Waals surface area (Å²) in [6.07, 6.45) is 1.88. The molecule has 0 radical (unpaired) electrons. The fraction of sp³-hybridized carbons (Fsp3) is 0.538. The maximum Gasteiger partial charge on any atom is 0.243 e. The van der Waals surface area contributed by atoms with Crippen LogP contribution in [0.1, 0.15) is 30.9 Å². The molecule has 1 aromatic carbocycles. The molecule has 0 aliphatic carbocycles. The lowest BCUT2D eigenvalue weighted by molar-refractivity contribution is 0.408. The molecule has 1 aromatic rings. The van der Waals surface area contributed by atoms with E-state index < -0.39 is 10.0 Å². The van der Waals surface area contributed by atoms with Crippen molar-refractivity contribution in [1.29, 1.82) is 0 Å². The highest BCUT2D eigenvalue weighted by molar-refractivity contribution is 7.89. The molecule has 18 heavy (non-hydrogen) atoms. The number of sulfonamides is 1. The van der Waals surface area contributed by atoms with Crippen molar-refractivity contribution in [3.05, 3.63) is 29.3 Å². The number of benzene rings is 1. The zero-order valence-corrected chi connectivity index (χ0v) is 12.3. The summed E-state index contributed by atoms with van der Waals surface area (Å²) in [5, 5.41) is 0. The summed E-state index contributed by atoms with van der Waals surface area (Å²) in [6, 6.07) is 5.40. The molecule has 0 N–H and O–H groups in total. The van der Waals surface area contributed by atoms with Gasteiger partial charge in [0.15, 0.2) is 0 Å². The predicted molar refractivity (Wildman–Crippen MR) is 73.3 cm³/mol. The van der Waals surface area contributed by atoms with Crippen LogP contribution in [0, 0.1) is 6.92 Å². The number of nitrogens with zero attached hydrogens (tertiary/aromatic N) is 1. The molecule has 1 saturated heterocycles. The van der Waals surface area contributed by atoms with Crippen molar-refractivity contribution in [2.75, 3.05) is 6.54 Å². The van der Waals surface area contributed by atoms with Gasteiger partial charge in [-0.15, -0.1) is 11.6 Å². The van der Waals surface area contributed by atoms with Crippen LogP contribution in [0.15, 0.2) is 23.1 Å². The van der Waals surface area contributed by atoms with E-state index in [2.05, 4.69) is 0 Å². The molecule has 1 atom stereocenters. The van der Waals surface area contributed by atoms with Crippen molar-refractivity contribution in [3.8, 4) is 0 Å². The molecule has 1 aliphatic rings. The van der Waals surface area contributed by atoms with Gasteiger partial charge in [0.1, 0.15) is 0 Å². The second kappa shape index (κ2) is 5.19. The number of hydrogen-bond acceptors (Lipinski definition) is 2. The van der Waals surface area contributed by atoms with Crippen LogP contribution >= 0.6 is 11.6 Å². The molecule has 1 aliphatic heterocycles. The van der Waals surface area contributed by atoms with E-state index >= 15 is 0 Å². The summed E-state index contributed by atoms with van der Waals surface area (Å²) in [7, 11) is -3.38. The van der Waals surface area contributed by atoms with E-state index in [9.17, 15) is 8.42 Å². The molecule has 3 nitrogen and oxygen atoms in total. The van der Waals surface area contributed by atoms with E-state index in [0.717, 1.165) is 24.0 Å². The quantitative estimate of drug-likeness (QED) is 0.802. The molecule has 0 spiro atoms. The topological polar surface area (TPSA) is 37.4 Å². The van der Waals surface area contributed by atoms with Crippen LogP contribution in [-0.4, -0.2) is 25.3 Å². The first-order valence-corrected chi connectivity index (χ1v) is 8.12. The monoisotopic (exact) mass is 287 g/mol. The third-order valence-corrected chi connectivity index (χ3v) is 6.06. The van der Waals surface area contributed by atoms with E-state index in [1.165, 1.54) is 0 Å². The maximum atomic E-state index is 12.6. The fourth-order valence-corrected chi connectivity index (χ4v) is 4.73. The Hall–Kier alpha value is -0.580. The lowest BCUT2D eigenvalue weighted by atomic mass is 10.1. The van der Waals surface area contributed by atoms with Crippen molar-refractivity contribution in [1.82, 2.24) is 4.31 Å². The van der Waals surface area contributed by atoms with Gasteiger partial charge in [0.05, 0.1) is 4.90 Å². The Morgan fingerprint density at radius 2 is 2.17 bits per heavy atom. The van der Waals surface area contributed by atoms with Gasteiger partial charge in [-0.2, -0.15) is 4.31 Å². The molecule has 5 heteroatoms. The minimum absolute atomic E-state index is 0.0917. The Morgan fingerprint density at radius 3 is 2.72 bits per heavy atom. The third-order valence-electron chi connectivity index (χ3n) is 3.62. The van der Waals surface area contributed by atoms with Crippen LogP contribution in [0.5, 0.6) is 0 Å². The summed E-state index contributed by atoms with van der Waals surface area (Å²) in [5.74, 6) is 0.338. The standard InChI is InChI=1S/C13H18ClNO2S/c1-10-5-4-8-15(10)18(16,17)13-7-3-6-12(9-14)11(13)2/h3,6-7,10H,4-5,8-9H2,1-2H3. The highest BCUT2D eigenvalue weighted by Crippen LogP contribution is 2.29. The van der Waals surface area contributed by atoms with Gasteiger partial charge in [-0.05, 0) is 43.9 Å². The van der Waals surface area contributed by atoms with Gasteiger partial charge in [0.25, 0.3) is 0 Å². The molecular weight excluding hydrogens is 270 g/mol. The molecule has 0 saturated carbocycles. The molecule has 1 fully saturated rings. The van der Waals surface area contributed by atoms with Crippen molar-refractivity contribution in [2.45, 2.75) is 43.5 Å². The van der Waals surface area contributed by atoms with Crippen LogP contribution in [0.4, 0.5) is 0 Å². The average Bonchev–Trinajstić information content (AvgIpc) is 2.76. The van der Waals surface area contributed by atoms with Gasteiger partial charge in [0.2, 0.25) is 10.0 Å². The fourth-order valence-electron chi connectivity index (χ4n) is 2.47. The summed E-state index contributed by atoms with van der Waals surface area (Å²) < 4.78 is 26.8. The first-order chi connectivity index (χ1) is 8.48. The zero-order chi connectivity index (χ0) is 13.3. The minimum Gasteiger partial charge on any atom is -0.207 e. The van der Waals surface area contributed by atoms with Crippen molar-refractivity contribution >= 4 is 21.6 Å². The maximum absolute atomic E-state index is 12.6. The molecule has 0 bridgehead atoms. The van der Waals surface area contributed by atoms with Crippen LogP contribution in [0.25, 0.3) is 0 Å². The lowest BCUT2D eigenvalue weighted by Gasteiger charge is -2.22. The summed E-state index contributed by atoms with van der Waals surface area (Å²) in [5.41, 5.74) is 1.65. The number of alkyl halides is 1. The number of halogens is 1. The lowest BCUT2D eigenvalue weighted by Crippen LogP contribution is -2.34. The first kappa shape index (κ1) is 13.8.